The van der Waals surface area contributed by atoms with Crippen LogP contribution in [0.15, 0.2) is 30.5 Å². The van der Waals surface area contributed by atoms with Gasteiger partial charge in [0.1, 0.15) is 0 Å². The highest BCUT2D eigenvalue weighted by molar-refractivity contribution is 6.01. The molecule has 1 aliphatic rings. The molecule has 94 valence electrons. The number of benzene rings is 1. The number of hydrogen-bond acceptors (Lipinski definition) is 2. The number of amides is 1. The van der Waals surface area contributed by atoms with E-state index in [-0.39, 0.29) is 5.91 Å². The summed E-state index contributed by atoms with van der Waals surface area (Å²) >= 11 is 0. The van der Waals surface area contributed by atoms with Crippen molar-refractivity contribution in [3.05, 3.63) is 30.5 Å². The van der Waals surface area contributed by atoms with E-state index in [0.29, 0.717) is 12.5 Å². The van der Waals surface area contributed by atoms with Gasteiger partial charge < -0.3 is 14.6 Å². The fourth-order valence-electron chi connectivity index (χ4n) is 2.13. The van der Waals surface area contributed by atoms with Gasteiger partial charge in [0, 0.05) is 18.0 Å². The molecule has 1 atom stereocenters. The average Bonchev–Trinajstić information content (AvgIpc) is 3.14. The zero-order chi connectivity index (χ0) is 12.5. The van der Waals surface area contributed by atoms with Gasteiger partial charge in [-0.1, -0.05) is 25.1 Å². The lowest BCUT2D eigenvalue weighted by molar-refractivity contribution is -0.115. The maximum Gasteiger partial charge on any atom is 0.224 e. The van der Waals surface area contributed by atoms with Crippen molar-refractivity contribution in [3.63, 3.8) is 0 Å². The van der Waals surface area contributed by atoms with Crippen molar-refractivity contribution in [1.82, 2.24) is 4.57 Å². The summed E-state index contributed by atoms with van der Waals surface area (Å²) < 4.78 is 7.42. The molecule has 1 aromatic carbocycles. The van der Waals surface area contributed by atoms with Gasteiger partial charge >= 0.3 is 0 Å². The SMILES string of the molecule is CCC(=O)Nc1cn(CC2CO2)c2ccccc12. The first-order valence-corrected chi connectivity index (χ1v) is 6.27. The molecule has 0 spiro atoms. The van der Waals surface area contributed by atoms with E-state index >= 15 is 0 Å². The number of para-hydroxylation sites is 1. The largest absolute Gasteiger partial charge is 0.371 e. The van der Waals surface area contributed by atoms with Crippen molar-refractivity contribution >= 4 is 22.5 Å². The van der Waals surface area contributed by atoms with Crippen LogP contribution in [-0.4, -0.2) is 23.2 Å². The van der Waals surface area contributed by atoms with Crippen LogP contribution < -0.4 is 5.32 Å². The van der Waals surface area contributed by atoms with Crippen molar-refractivity contribution in [3.8, 4) is 0 Å². The van der Waals surface area contributed by atoms with Crippen LogP contribution >= 0.6 is 0 Å². The maximum absolute atomic E-state index is 11.5. The van der Waals surface area contributed by atoms with Gasteiger partial charge in [0.25, 0.3) is 0 Å². The summed E-state index contributed by atoms with van der Waals surface area (Å²) in [5.74, 6) is 0.0422. The average molecular weight is 244 g/mol. The number of rotatable bonds is 4. The summed E-state index contributed by atoms with van der Waals surface area (Å²) in [4.78, 5) is 11.5. The Hall–Kier alpha value is -1.81. The summed E-state index contributed by atoms with van der Waals surface area (Å²) in [5.41, 5.74) is 2.03. The summed E-state index contributed by atoms with van der Waals surface area (Å²) in [6.07, 6.45) is 2.82. The minimum atomic E-state index is 0.0422. The van der Waals surface area contributed by atoms with Crippen LogP contribution in [0.3, 0.4) is 0 Å². The molecule has 1 N–H and O–H groups in total. The molecular formula is C14H16N2O2. The third kappa shape index (κ3) is 2.11. The highest BCUT2D eigenvalue weighted by atomic mass is 16.6. The number of carbonyl (C=O) groups is 1. The van der Waals surface area contributed by atoms with Gasteiger partial charge in [0.15, 0.2) is 0 Å². The monoisotopic (exact) mass is 244 g/mol. The standard InChI is InChI=1S/C14H16N2O2/c1-2-14(17)15-12-8-16(7-10-9-18-10)13-6-4-3-5-11(12)13/h3-6,8,10H,2,7,9H2,1H3,(H,15,17). The van der Waals surface area contributed by atoms with Crippen molar-refractivity contribution in [1.29, 1.82) is 0 Å². The number of nitrogens with zero attached hydrogens (tertiary/aromatic N) is 1. The molecule has 2 heterocycles. The number of nitrogens with one attached hydrogen (secondary N) is 1. The van der Waals surface area contributed by atoms with E-state index in [1.165, 1.54) is 0 Å². The fraction of sp³-hybridized carbons (Fsp3) is 0.357. The van der Waals surface area contributed by atoms with Crippen LogP contribution in [0, 0.1) is 0 Å². The highest BCUT2D eigenvalue weighted by Gasteiger charge is 2.24. The molecule has 3 rings (SSSR count). The van der Waals surface area contributed by atoms with E-state index in [9.17, 15) is 4.79 Å². The predicted octanol–water partition coefficient (Wildman–Crippen LogP) is 2.39. The first-order chi connectivity index (χ1) is 8.78. The minimum Gasteiger partial charge on any atom is -0.371 e. The quantitative estimate of drug-likeness (QED) is 0.839. The molecule has 1 amide bonds. The number of carbonyl (C=O) groups excluding carboxylic acids is 1. The lowest BCUT2D eigenvalue weighted by Crippen LogP contribution is -2.09. The lowest BCUT2D eigenvalue weighted by Gasteiger charge is -2.00. The minimum absolute atomic E-state index is 0.0422. The Morgan fingerprint density at radius 3 is 3.00 bits per heavy atom. The number of hydrogen-bond donors (Lipinski definition) is 1. The van der Waals surface area contributed by atoms with E-state index in [1.54, 1.807) is 0 Å². The first-order valence-electron chi connectivity index (χ1n) is 6.27. The number of fused-ring (bicyclic) bond motifs is 1. The van der Waals surface area contributed by atoms with Gasteiger partial charge in [-0.25, -0.2) is 0 Å². The van der Waals surface area contributed by atoms with Gasteiger partial charge in [0.2, 0.25) is 5.91 Å². The topological polar surface area (TPSA) is 46.6 Å². The molecule has 0 radical (unpaired) electrons. The summed E-state index contributed by atoms with van der Waals surface area (Å²) in [7, 11) is 0. The van der Waals surface area contributed by atoms with Gasteiger partial charge in [-0.2, -0.15) is 0 Å². The van der Waals surface area contributed by atoms with E-state index in [4.69, 9.17) is 4.74 Å². The third-order valence-electron chi connectivity index (χ3n) is 3.19. The van der Waals surface area contributed by atoms with Crippen LogP contribution in [0.25, 0.3) is 10.9 Å². The molecule has 4 heteroatoms. The normalized spacial score (nSPS) is 17.9. The van der Waals surface area contributed by atoms with Crippen molar-refractivity contribution in [2.24, 2.45) is 0 Å². The van der Waals surface area contributed by atoms with Crippen molar-refractivity contribution in [2.75, 3.05) is 11.9 Å². The van der Waals surface area contributed by atoms with Gasteiger partial charge in [-0.05, 0) is 6.07 Å². The summed E-state index contributed by atoms with van der Waals surface area (Å²) in [6.45, 7) is 3.54. The van der Waals surface area contributed by atoms with Gasteiger partial charge in [-0.15, -0.1) is 0 Å². The van der Waals surface area contributed by atoms with Crippen molar-refractivity contribution in [2.45, 2.75) is 26.0 Å². The lowest BCUT2D eigenvalue weighted by atomic mass is 10.2. The molecule has 18 heavy (non-hydrogen) atoms. The predicted molar refractivity (Wildman–Crippen MR) is 70.6 cm³/mol. The number of aromatic nitrogens is 1. The van der Waals surface area contributed by atoms with Gasteiger partial charge in [0.05, 0.1) is 30.5 Å². The molecule has 4 nitrogen and oxygen atoms in total. The number of epoxide rings is 1. The Balaban J connectivity index is 1.99. The van der Waals surface area contributed by atoms with Crippen LogP contribution in [-0.2, 0) is 16.1 Å². The number of ether oxygens (including phenoxy) is 1. The second kappa shape index (κ2) is 4.46. The van der Waals surface area contributed by atoms with Crippen LogP contribution in [0.1, 0.15) is 13.3 Å². The molecule has 2 aromatic rings. The Bertz CT molecular complexity index is 584. The Labute approximate surface area is 106 Å². The molecule has 1 aromatic heterocycles. The molecule has 1 fully saturated rings. The summed E-state index contributed by atoms with van der Waals surface area (Å²) in [5, 5.41) is 4.03. The maximum atomic E-state index is 11.5. The van der Waals surface area contributed by atoms with E-state index < -0.39 is 0 Å². The highest BCUT2D eigenvalue weighted by Crippen LogP contribution is 2.27. The zero-order valence-corrected chi connectivity index (χ0v) is 10.3. The second-order valence-electron chi connectivity index (χ2n) is 4.57. The zero-order valence-electron chi connectivity index (χ0n) is 10.3. The Morgan fingerprint density at radius 2 is 2.28 bits per heavy atom. The van der Waals surface area contributed by atoms with Crippen LogP contribution in [0.2, 0.25) is 0 Å². The van der Waals surface area contributed by atoms with E-state index in [0.717, 1.165) is 29.7 Å². The molecule has 1 unspecified atom stereocenters. The Morgan fingerprint density at radius 1 is 1.50 bits per heavy atom. The van der Waals surface area contributed by atoms with Crippen LogP contribution in [0.4, 0.5) is 5.69 Å². The number of anilines is 1. The van der Waals surface area contributed by atoms with E-state index in [2.05, 4.69) is 16.0 Å². The first kappa shape index (κ1) is 11.3. The smallest absolute Gasteiger partial charge is 0.224 e. The fourth-order valence-corrected chi connectivity index (χ4v) is 2.13. The molecule has 0 saturated carbocycles. The molecular weight excluding hydrogens is 228 g/mol. The Kier molecular flexibility index (Phi) is 2.80. The molecule has 0 aliphatic carbocycles. The molecule has 1 aliphatic heterocycles. The van der Waals surface area contributed by atoms with E-state index in [1.807, 2.05) is 31.3 Å². The summed E-state index contributed by atoms with van der Waals surface area (Å²) in [6, 6.07) is 8.10. The van der Waals surface area contributed by atoms with Gasteiger partial charge in [-0.3, -0.25) is 4.79 Å². The second-order valence-corrected chi connectivity index (χ2v) is 4.57. The molecule has 1 saturated heterocycles. The third-order valence-corrected chi connectivity index (χ3v) is 3.19. The van der Waals surface area contributed by atoms with Crippen molar-refractivity contribution < 1.29 is 9.53 Å². The van der Waals surface area contributed by atoms with Crippen LogP contribution in [0.5, 0.6) is 0 Å². The molecule has 0 bridgehead atoms.